The highest BCUT2D eigenvalue weighted by Crippen LogP contribution is 2.32. The van der Waals surface area contributed by atoms with Crippen molar-refractivity contribution in [1.29, 1.82) is 0 Å². The van der Waals surface area contributed by atoms with Crippen molar-refractivity contribution in [2.75, 3.05) is 19.6 Å². The van der Waals surface area contributed by atoms with Crippen LogP contribution in [0.1, 0.15) is 22.5 Å². The highest BCUT2D eigenvalue weighted by atomic mass is 35.5. The molecule has 0 saturated carbocycles. The normalized spacial score (nSPS) is 18.0. The minimum Gasteiger partial charge on any atom is -0.449 e. The van der Waals surface area contributed by atoms with Crippen LogP contribution in [0.3, 0.4) is 0 Å². The smallest absolute Gasteiger partial charge is 0.289 e. The van der Waals surface area contributed by atoms with Crippen LogP contribution < -0.4 is 5.73 Å². The van der Waals surface area contributed by atoms with Gasteiger partial charge in [-0.2, -0.15) is 0 Å². The maximum atomic E-state index is 12.6. The number of nitrogens with zero attached hydrogens (tertiary/aromatic N) is 1. The van der Waals surface area contributed by atoms with E-state index in [9.17, 15) is 4.79 Å². The third-order valence-electron chi connectivity index (χ3n) is 4.02. The summed E-state index contributed by atoms with van der Waals surface area (Å²) in [5.74, 6) is 0.726. The number of rotatable bonds is 2. The summed E-state index contributed by atoms with van der Waals surface area (Å²) in [6, 6.07) is 5.55. The minimum absolute atomic E-state index is 0. The number of furan rings is 1. The van der Waals surface area contributed by atoms with Gasteiger partial charge < -0.3 is 15.1 Å². The van der Waals surface area contributed by atoms with E-state index in [4.69, 9.17) is 21.8 Å². The minimum atomic E-state index is -0.0642. The first-order chi connectivity index (χ1) is 9.61. The highest BCUT2D eigenvalue weighted by molar-refractivity contribution is 6.35. The highest BCUT2D eigenvalue weighted by Gasteiger charge is 2.29. The number of aryl methyl sites for hydroxylation is 1. The lowest BCUT2D eigenvalue weighted by molar-refractivity contribution is 0.0757. The molecule has 1 aliphatic heterocycles. The van der Waals surface area contributed by atoms with Crippen LogP contribution in [0.25, 0.3) is 11.0 Å². The molecular weight excluding hydrogens is 311 g/mol. The van der Waals surface area contributed by atoms with Crippen LogP contribution in [-0.4, -0.2) is 30.4 Å². The first kappa shape index (κ1) is 16.1. The fraction of sp³-hybridized carbons (Fsp3) is 0.400. The summed E-state index contributed by atoms with van der Waals surface area (Å²) in [4.78, 5) is 14.4. The van der Waals surface area contributed by atoms with E-state index in [0.717, 1.165) is 23.9 Å². The zero-order valence-electron chi connectivity index (χ0n) is 11.8. The molecule has 1 aromatic carbocycles. The Labute approximate surface area is 134 Å². The molecule has 0 bridgehead atoms. The largest absolute Gasteiger partial charge is 0.449 e. The van der Waals surface area contributed by atoms with Gasteiger partial charge >= 0.3 is 0 Å². The summed E-state index contributed by atoms with van der Waals surface area (Å²) in [5.41, 5.74) is 7.11. The molecule has 1 saturated heterocycles. The van der Waals surface area contributed by atoms with Crippen molar-refractivity contribution < 1.29 is 9.21 Å². The molecule has 2 N–H and O–H groups in total. The Morgan fingerprint density at radius 3 is 2.90 bits per heavy atom. The molecule has 3 rings (SSSR count). The molecule has 1 fully saturated rings. The lowest BCUT2D eigenvalue weighted by atomic mass is 10.1. The van der Waals surface area contributed by atoms with E-state index in [1.54, 1.807) is 6.07 Å². The van der Waals surface area contributed by atoms with Crippen molar-refractivity contribution >= 4 is 40.9 Å². The van der Waals surface area contributed by atoms with E-state index in [2.05, 4.69) is 0 Å². The van der Waals surface area contributed by atoms with Crippen molar-refractivity contribution in [1.82, 2.24) is 4.90 Å². The maximum absolute atomic E-state index is 12.6. The summed E-state index contributed by atoms with van der Waals surface area (Å²) < 4.78 is 5.72. The fourth-order valence-electron chi connectivity index (χ4n) is 2.77. The van der Waals surface area contributed by atoms with Crippen LogP contribution in [0.15, 0.2) is 22.6 Å². The van der Waals surface area contributed by atoms with Gasteiger partial charge in [0.2, 0.25) is 0 Å². The summed E-state index contributed by atoms with van der Waals surface area (Å²) in [5, 5.41) is 1.43. The number of hydrogen-bond donors (Lipinski definition) is 1. The van der Waals surface area contributed by atoms with Gasteiger partial charge in [-0.15, -0.1) is 12.4 Å². The summed E-state index contributed by atoms with van der Waals surface area (Å²) >= 11 is 6.12. The monoisotopic (exact) mass is 328 g/mol. The van der Waals surface area contributed by atoms with Gasteiger partial charge in [-0.25, -0.2) is 0 Å². The number of likely N-dealkylation sites (tertiary alicyclic amines) is 1. The van der Waals surface area contributed by atoms with Gasteiger partial charge in [0.15, 0.2) is 11.3 Å². The van der Waals surface area contributed by atoms with Gasteiger partial charge in [-0.05, 0) is 31.9 Å². The molecule has 1 aromatic heterocycles. The van der Waals surface area contributed by atoms with E-state index >= 15 is 0 Å². The second-order valence-electron chi connectivity index (χ2n) is 5.31. The van der Waals surface area contributed by atoms with Crippen molar-refractivity contribution in [3.05, 3.63) is 34.5 Å². The molecule has 21 heavy (non-hydrogen) atoms. The average molecular weight is 329 g/mol. The van der Waals surface area contributed by atoms with E-state index in [1.165, 1.54) is 0 Å². The Bertz CT molecular complexity index is 669. The Kier molecular flexibility index (Phi) is 4.81. The average Bonchev–Trinajstić information content (AvgIpc) is 3.05. The van der Waals surface area contributed by atoms with Gasteiger partial charge in [0.05, 0.1) is 5.02 Å². The van der Waals surface area contributed by atoms with Crippen molar-refractivity contribution in [2.45, 2.75) is 13.3 Å². The van der Waals surface area contributed by atoms with Crippen LogP contribution in [0, 0.1) is 12.8 Å². The number of nitrogens with two attached hydrogens (primary N) is 1. The number of amides is 1. The molecule has 0 spiro atoms. The van der Waals surface area contributed by atoms with Gasteiger partial charge in [-0.3, -0.25) is 4.79 Å². The van der Waals surface area contributed by atoms with Gasteiger partial charge in [0, 0.05) is 24.0 Å². The van der Waals surface area contributed by atoms with E-state index in [1.807, 2.05) is 24.0 Å². The van der Waals surface area contributed by atoms with Crippen molar-refractivity contribution in [2.24, 2.45) is 11.7 Å². The Morgan fingerprint density at radius 1 is 1.52 bits per heavy atom. The van der Waals surface area contributed by atoms with E-state index < -0.39 is 0 Å². The van der Waals surface area contributed by atoms with Crippen LogP contribution in [0.4, 0.5) is 0 Å². The first-order valence-corrected chi connectivity index (χ1v) is 7.16. The first-order valence-electron chi connectivity index (χ1n) is 6.78. The number of halogens is 2. The van der Waals surface area contributed by atoms with Crippen LogP contribution in [-0.2, 0) is 0 Å². The SMILES string of the molecule is Cc1c(C(=O)N2CCC(CN)C2)oc2c(Cl)cccc12.Cl. The zero-order valence-corrected chi connectivity index (χ0v) is 13.3. The third-order valence-corrected chi connectivity index (χ3v) is 4.31. The molecule has 2 aromatic rings. The number of para-hydroxylation sites is 1. The van der Waals surface area contributed by atoms with Crippen LogP contribution in [0.2, 0.25) is 5.02 Å². The molecule has 1 amide bonds. The topological polar surface area (TPSA) is 59.5 Å². The van der Waals surface area contributed by atoms with Gasteiger partial charge in [-0.1, -0.05) is 23.7 Å². The molecule has 1 aliphatic rings. The summed E-state index contributed by atoms with van der Waals surface area (Å²) in [7, 11) is 0. The predicted octanol–water partition coefficient (Wildman–Crippen LogP) is 3.24. The Morgan fingerprint density at radius 2 is 2.29 bits per heavy atom. The molecular formula is C15H18Cl2N2O2. The number of hydrogen-bond acceptors (Lipinski definition) is 3. The molecule has 4 nitrogen and oxygen atoms in total. The molecule has 114 valence electrons. The summed E-state index contributed by atoms with van der Waals surface area (Å²) in [6.07, 6.45) is 0.961. The molecule has 1 unspecified atom stereocenters. The van der Waals surface area contributed by atoms with E-state index in [0.29, 0.717) is 35.4 Å². The standard InChI is InChI=1S/C15H17ClN2O2.ClH/c1-9-11-3-2-4-12(16)14(11)20-13(9)15(19)18-6-5-10(7-17)8-18;/h2-4,10H,5-8,17H2,1H3;1H. The molecule has 2 heterocycles. The molecule has 6 heteroatoms. The Balaban J connectivity index is 0.00000161. The second-order valence-corrected chi connectivity index (χ2v) is 5.72. The van der Waals surface area contributed by atoms with Gasteiger partial charge in [0.25, 0.3) is 5.91 Å². The third kappa shape index (κ3) is 2.76. The zero-order chi connectivity index (χ0) is 14.3. The van der Waals surface area contributed by atoms with Gasteiger partial charge in [0.1, 0.15) is 0 Å². The lowest BCUT2D eigenvalue weighted by Crippen LogP contribution is -2.30. The Hall–Kier alpha value is -1.23. The second kappa shape index (κ2) is 6.26. The van der Waals surface area contributed by atoms with Crippen LogP contribution in [0.5, 0.6) is 0 Å². The molecule has 0 aliphatic carbocycles. The maximum Gasteiger partial charge on any atom is 0.289 e. The summed E-state index contributed by atoms with van der Waals surface area (Å²) in [6.45, 7) is 3.96. The number of carbonyl (C=O) groups is 1. The molecule has 0 radical (unpaired) electrons. The molecule has 1 atom stereocenters. The quantitative estimate of drug-likeness (QED) is 0.920. The van der Waals surface area contributed by atoms with Crippen molar-refractivity contribution in [3.63, 3.8) is 0 Å². The van der Waals surface area contributed by atoms with Crippen molar-refractivity contribution in [3.8, 4) is 0 Å². The number of carbonyl (C=O) groups excluding carboxylic acids is 1. The number of benzene rings is 1. The lowest BCUT2D eigenvalue weighted by Gasteiger charge is -2.14. The van der Waals surface area contributed by atoms with E-state index in [-0.39, 0.29) is 18.3 Å². The predicted molar refractivity (Wildman–Crippen MR) is 86.3 cm³/mol. The fourth-order valence-corrected chi connectivity index (χ4v) is 2.98. The van der Waals surface area contributed by atoms with Crippen LogP contribution >= 0.6 is 24.0 Å². The number of fused-ring (bicyclic) bond motifs is 1.